The Morgan fingerprint density at radius 1 is 1.23 bits per heavy atom. The molecule has 0 saturated heterocycles. The van der Waals surface area contributed by atoms with Crippen LogP contribution in [0.5, 0.6) is 0 Å². The number of benzene rings is 2. The van der Waals surface area contributed by atoms with Crippen LogP contribution in [0.2, 0.25) is 5.02 Å². The lowest BCUT2D eigenvalue weighted by Crippen LogP contribution is -2.39. The van der Waals surface area contributed by atoms with E-state index in [0.717, 1.165) is 36.9 Å². The molecule has 4 aromatic rings. The van der Waals surface area contributed by atoms with Gasteiger partial charge in [-0.05, 0) is 58.6 Å². The molecule has 0 aliphatic heterocycles. The Bertz CT molecular complexity index is 1270. The minimum atomic E-state index is -0.342. The van der Waals surface area contributed by atoms with Crippen LogP contribution in [0.25, 0.3) is 15.5 Å². The molecule has 0 radical (unpaired) electrons. The summed E-state index contributed by atoms with van der Waals surface area (Å²) >= 11 is 15.0. The lowest BCUT2D eigenvalue weighted by Gasteiger charge is -2.11. The molecule has 2 N–H and O–H groups in total. The van der Waals surface area contributed by atoms with Gasteiger partial charge >= 0.3 is 0 Å². The standard InChI is InChI=1S/C20H16ClIN6OS2/c1-2-16-25-26-20-28(16)27-18(31-20)12-5-3-11(4-6-12)10-23-19(30)24-17(29)14-9-13(22)7-8-15(14)21/h3-9H,2,10H2,1H3,(H2,23,24,29,30). The SMILES string of the molecule is CCc1nnc2sc(-c3ccc(CNC(=S)NC(=O)c4cc(I)ccc4Cl)cc3)nn12. The van der Waals surface area contributed by atoms with Gasteiger partial charge in [-0.3, -0.25) is 10.1 Å². The summed E-state index contributed by atoms with van der Waals surface area (Å²) in [7, 11) is 0. The molecule has 31 heavy (non-hydrogen) atoms. The first-order valence-electron chi connectivity index (χ1n) is 9.29. The fourth-order valence-corrected chi connectivity index (χ4v) is 4.55. The number of carbonyl (C=O) groups excluding carboxylic acids is 1. The van der Waals surface area contributed by atoms with Crippen molar-refractivity contribution in [2.45, 2.75) is 19.9 Å². The first kappa shape index (κ1) is 22.1. The molecule has 0 aliphatic rings. The van der Waals surface area contributed by atoms with E-state index < -0.39 is 0 Å². The predicted octanol–water partition coefficient (Wildman–Crippen LogP) is 4.48. The topological polar surface area (TPSA) is 84.2 Å². The van der Waals surface area contributed by atoms with Gasteiger partial charge in [0.05, 0.1) is 10.6 Å². The summed E-state index contributed by atoms with van der Waals surface area (Å²) in [5, 5.41) is 20.1. The van der Waals surface area contributed by atoms with E-state index in [1.165, 1.54) is 11.3 Å². The Morgan fingerprint density at radius 3 is 2.74 bits per heavy atom. The fourth-order valence-electron chi connectivity index (χ4n) is 2.83. The van der Waals surface area contributed by atoms with Crippen LogP contribution in [0.4, 0.5) is 0 Å². The lowest BCUT2D eigenvalue weighted by atomic mass is 10.1. The maximum Gasteiger partial charge on any atom is 0.258 e. The quantitative estimate of drug-likeness (QED) is 0.267. The average Bonchev–Trinajstić information content (AvgIpc) is 3.35. The van der Waals surface area contributed by atoms with E-state index in [2.05, 4.69) is 48.5 Å². The minimum absolute atomic E-state index is 0.241. The van der Waals surface area contributed by atoms with Crippen molar-refractivity contribution in [1.29, 1.82) is 0 Å². The number of carbonyl (C=O) groups is 1. The average molecular weight is 583 g/mol. The number of halogens is 2. The largest absolute Gasteiger partial charge is 0.358 e. The second-order valence-corrected chi connectivity index (χ2v) is 9.55. The Morgan fingerprint density at radius 2 is 2.00 bits per heavy atom. The number of hydrogen-bond donors (Lipinski definition) is 2. The third kappa shape index (κ3) is 5.03. The van der Waals surface area contributed by atoms with Gasteiger partial charge in [0, 0.05) is 22.1 Å². The van der Waals surface area contributed by atoms with Crippen LogP contribution in [-0.4, -0.2) is 30.8 Å². The van der Waals surface area contributed by atoms with Crippen LogP contribution < -0.4 is 10.6 Å². The number of aryl methyl sites for hydroxylation is 1. The van der Waals surface area contributed by atoms with Gasteiger partial charge in [0.1, 0.15) is 5.01 Å². The number of rotatable bonds is 5. The summed E-state index contributed by atoms with van der Waals surface area (Å²) in [5.74, 6) is 0.506. The van der Waals surface area contributed by atoms with E-state index in [1.807, 2.05) is 37.3 Å². The number of aromatic nitrogens is 4. The predicted molar refractivity (Wildman–Crippen MR) is 135 cm³/mol. The molecular formula is C20H16ClIN6OS2. The zero-order chi connectivity index (χ0) is 22.0. The molecule has 0 unspecified atom stereocenters. The summed E-state index contributed by atoms with van der Waals surface area (Å²) in [6.07, 6.45) is 0.779. The first-order chi connectivity index (χ1) is 14.9. The number of amides is 1. The van der Waals surface area contributed by atoms with Gasteiger partial charge in [0.15, 0.2) is 10.9 Å². The van der Waals surface area contributed by atoms with Gasteiger partial charge in [-0.1, -0.05) is 54.1 Å². The van der Waals surface area contributed by atoms with E-state index >= 15 is 0 Å². The summed E-state index contributed by atoms with van der Waals surface area (Å²) in [6, 6.07) is 13.2. The van der Waals surface area contributed by atoms with Crippen molar-refractivity contribution < 1.29 is 4.79 Å². The molecule has 11 heteroatoms. The maximum atomic E-state index is 12.4. The molecule has 0 bridgehead atoms. The molecule has 2 aromatic carbocycles. The zero-order valence-electron chi connectivity index (χ0n) is 16.2. The van der Waals surface area contributed by atoms with Crippen molar-refractivity contribution in [2.75, 3.05) is 0 Å². The van der Waals surface area contributed by atoms with Crippen LogP contribution in [0.3, 0.4) is 0 Å². The number of fused-ring (bicyclic) bond motifs is 1. The zero-order valence-corrected chi connectivity index (χ0v) is 20.8. The summed E-state index contributed by atoms with van der Waals surface area (Å²) < 4.78 is 2.71. The summed E-state index contributed by atoms with van der Waals surface area (Å²) in [6.45, 7) is 2.50. The van der Waals surface area contributed by atoms with Crippen LogP contribution in [-0.2, 0) is 13.0 Å². The van der Waals surface area contributed by atoms with Crippen LogP contribution in [0, 0.1) is 3.57 Å². The van der Waals surface area contributed by atoms with Crippen molar-refractivity contribution in [2.24, 2.45) is 0 Å². The molecule has 0 fully saturated rings. The number of thiocarbonyl (C=S) groups is 1. The molecule has 1 amide bonds. The third-order valence-corrected chi connectivity index (χ3v) is 6.62. The Hall–Kier alpha value is -2.15. The molecule has 0 atom stereocenters. The molecular weight excluding hydrogens is 567 g/mol. The molecule has 158 valence electrons. The Kier molecular flexibility index (Phi) is 6.80. The monoisotopic (exact) mass is 582 g/mol. The normalized spacial score (nSPS) is 10.9. The summed E-state index contributed by atoms with van der Waals surface area (Å²) in [5.41, 5.74) is 2.41. The Labute approximate surface area is 206 Å². The van der Waals surface area contributed by atoms with Gasteiger partial charge in [-0.25, -0.2) is 0 Å². The second kappa shape index (κ2) is 9.55. The highest BCUT2D eigenvalue weighted by Crippen LogP contribution is 2.25. The van der Waals surface area contributed by atoms with Gasteiger partial charge in [-0.15, -0.1) is 10.2 Å². The molecule has 2 aromatic heterocycles. The molecule has 2 heterocycles. The van der Waals surface area contributed by atoms with Crippen molar-refractivity contribution in [3.63, 3.8) is 0 Å². The van der Waals surface area contributed by atoms with Crippen molar-refractivity contribution >= 4 is 73.7 Å². The Balaban J connectivity index is 1.36. The van der Waals surface area contributed by atoms with E-state index in [4.69, 9.17) is 23.8 Å². The smallest absolute Gasteiger partial charge is 0.258 e. The fraction of sp³-hybridized carbons (Fsp3) is 0.150. The van der Waals surface area contributed by atoms with Crippen LogP contribution in [0.15, 0.2) is 42.5 Å². The van der Waals surface area contributed by atoms with Gasteiger partial charge < -0.3 is 5.32 Å². The first-order valence-corrected chi connectivity index (χ1v) is 12.0. The van der Waals surface area contributed by atoms with E-state index in [1.54, 1.807) is 16.6 Å². The number of hydrogen-bond acceptors (Lipinski definition) is 6. The highest BCUT2D eigenvalue weighted by molar-refractivity contribution is 14.1. The van der Waals surface area contributed by atoms with Crippen LogP contribution in [0.1, 0.15) is 28.7 Å². The van der Waals surface area contributed by atoms with Crippen molar-refractivity contribution in [3.8, 4) is 10.6 Å². The molecule has 0 aliphatic carbocycles. The minimum Gasteiger partial charge on any atom is -0.358 e. The third-order valence-electron chi connectivity index (χ3n) is 4.43. The molecule has 7 nitrogen and oxygen atoms in total. The van der Waals surface area contributed by atoms with Gasteiger partial charge in [0.25, 0.3) is 5.91 Å². The lowest BCUT2D eigenvalue weighted by molar-refractivity contribution is 0.0976. The highest BCUT2D eigenvalue weighted by atomic mass is 127. The van der Waals surface area contributed by atoms with E-state index in [0.29, 0.717) is 17.1 Å². The second-order valence-electron chi connectivity index (χ2n) is 6.53. The van der Waals surface area contributed by atoms with Crippen LogP contribution >= 0.6 is 57.7 Å². The number of nitrogens with one attached hydrogen (secondary N) is 2. The maximum absolute atomic E-state index is 12.4. The molecule has 4 rings (SSSR count). The van der Waals surface area contributed by atoms with Gasteiger partial charge in [-0.2, -0.15) is 9.61 Å². The van der Waals surface area contributed by atoms with Crippen molar-refractivity contribution in [1.82, 2.24) is 30.4 Å². The molecule has 0 spiro atoms. The van der Waals surface area contributed by atoms with Gasteiger partial charge in [0.2, 0.25) is 4.96 Å². The number of nitrogens with zero attached hydrogens (tertiary/aromatic N) is 4. The van der Waals surface area contributed by atoms with Crippen molar-refractivity contribution in [3.05, 3.63) is 68.0 Å². The van der Waals surface area contributed by atoms with E-state index in [9.17, 15) is 4.79 Å². The highest BCUT2D eigenvalue weighted by Gasteiger charge is 2.13. The summed E-state index contributed by atoms with van der Waals surface area (Å²) in [4.78, 5) is 13.2. The van der Waals surface area contributed by atoms with E-state index in [-0.39, 0.29) is 11.0 Å². The molecule has 0 saturated carbocycles.